The van der Waals surface area contributed by atoms with Gasteiger partial charge < -0.3 is 21.1 Å². The lowest BCUT2D eigenvalue weighted by Crippen LogP contribution is -2.22. The van der Waals surface area contributed by atoms with Crippen molar-refractivity contribution in [3.05, 3.63) is 66.9 Å². The predicted octanol–water partition coefficient (Wildman–Crippen LogP) is 4.16. The van der Waals surface area contributed by atoms with E-state index in [1.807, 2.05) is 54.6 Å². The van der Waals surface area contributed by atoms with E-state index in [-0.39, 0.29) is 17.8 Å². The predicted molar refractivity (Wildman–Crippen MR) is 119 cm³/mol. The van der Waals surface area contributed by atoms with Gasteiger partial charge in [0, 0.05) is 23.4 Å². The van der Waals surface area contributed by atoms with E-state index in [2.05, 4.69) is 20.6 Å². The van der Waals surface area contributed by atoms with Crippen molar-refractivity contribution in [2.75, 3.05) is 17.7 Å². The summed E-state index contributed by atoms with van der Waals surface area (Å²) in [6, 6.07) is 18.9. The Kier molecular flexibility index (Phi) is 5.61. The molecule has 4 N–H and O–H groups in total. The van der Waals surface area contributed by atoms with Crippen LogP contribution in [0.2, 0.25) is 0 Å². The molecule has 0 spiro atoms. The third-order valence-corrected chi connectivity index (χ3v) is 4.76. The Bertz CT molecular complexity index is 1070. The molecule has 0 atom stereocenters. The fraction of sp³-hybridized carbons (Fsp3) is 0.174. The third-order valence-electron chi connectivity index (χ3n) is 4.76. The number of ether oxygens (including phenoxy) is 1. The molecule has 3 aromatic rings. The standard InChI is InChI=1S/C23H23N5O2/c1-30-20-8-3-2-7-19(20)27-23(24)28-21-12-11-17(14-25-21)16-5-4-6-18(13-16)26-22(29)15-9-10-15/h2-8,11-15H,9-10H2,1H3,(H,26,29)(H3,24,25,27,28). The minimum Gasteiger partial charge on any atom is -0.495 e. The van der Waals surface area contributed by atoms with Crippen molar-refractivity contribution in [3.8, 4) is 16.9 Å². The number of guanidine groups is 1. The second-order valence-electron chi connectivity index (χ2n) is 7.07. The van der Waals surface area contributed by atoms with E-state index < -0.39 is 0 Å². The van der Waals surface area contributed by atoms with Crippen LogP contribution < -0.4 is 21.1 Å². The zero-order valence-electron chi connectivity index (χ0n) is 16.6. The van der Waals surface area contributed by atoms with Gasteiger partial charge in [0.25, 0.3) is 0 Å². The summed E-state index contributed by atoms with van der Waals surface area (Å²) in [7, 11) is 1.60. The summed E-state index contributed by atoms with van der Waals surface area (Å²) in [5.74, 6) is 1.63. The second kappa shape index (κ2) is 8.65. The van der Waals surface area contributed by atoms with E-state index in [4.69, 9.17) is 10.5 Å². The van der Waals surface area contributed by atoms with E-state index in [1.165, 1.54) is 0 Å². The number of anilines is 2. The van der Waals surface area contributed by atoms with Crippen molar-refractivity contribution >= 4 is 29.1 Å². The molecule has 7 heteroatoms. The van der Waals surface area contributed by atoms with Crippen LogP contribution in [0.25, 0.3) is 11.1 Å². The first-order chi connectivity index (χ1) is 14.6. The van der Waals surface area contributed by atoms with Crippen LogP contribution >= 0.6 is 0 Å². The topological polar surface area (TPSA) is 102 Å². The number of hydrogen-bond acceptors (Lipinski definition) is 4. The Morgan fingerprint density at radius 1 is 1.07 bits per heavy atom. The highest BCUT2D eigenvalue weighted by atomic mass is 16.5. The summed E-state index contributed by atoms with van der Waals surface area (Å²) < 4.78 is 5.30. The van der Waals surface area contributed by atoms with Gasteiger partial charge >= 0.3 is 0 Å². The van der Waals surface area contributed by atoms with Gasteiger partial charge in [0.05, 0.1) is 12.8 Å². The Labute approximate surface area is 175 Å². The smallest absolute Gasteiger partial charge is 0.227 e. The number of aromatic nitrogens is 1. The number of pyridine rings is 1. The molecular weight excluding hydrogens is 378 g/mol. The third kappa shape index (κ3) is 4.75. The molecule has 2 aromatic carbocycles. The molecule has 0 bridgehead atoms. The minimum atomic E-state index is 0.0907. The molecule has 1 heterocycles. The van der Waals surface area contributed by atoms with Crippen LogP contribution in [0.4, 0.5) is 17.2 Å². The van der Waals surface area contributed by atoms with E-state index in [0.717, 1.165) is 35.3 Å². The molecule has 0 radical (unpaired) electrons. The summed E-state index contributed by atoms with van der Waals surface area (Å²) in [4.78, 5) is 20.7. The number of para-hydroxylation sites is 2. The van der Waals surface area contributed by atoms with E-state index >= 15 is 0 Å². The number of rotatable bonds is 6. The fourth-order valence-corrected chi connectivity index (χ4v) is 3.03. The maximum atomic E-state index is 12.0. The molecule has 0 saturated heterocycles. The Balaban J connectivity index is 1.46. The normalized spacial score (nSPS) is 13.6. The van der Waals surface area contributed by atoms with Gasteiger partial charge in [0.1, 0.15) is 5.75 Å². The summed E-state index contributed by atoms with van der Waals surface area (Å²) in [6.07, 6.45) is 3.69. The Hall–Kier alpha value is -3.87. The maximum Gasteiger partial charge on any atom is 0.227 e. The molecule has 4 rings (SSSR count). The number of hydrogen-bond donors (Lipinski definition) is 3. The maximum absolute atomic E-state index is 12.0. The van der Waals surface area contributed by atoms with Gasteiger partial charge in [-0.15, -0.1) is 0 Å². The van der Waals surface area contributed by atoms with Crippen molar-refractivity contribution in [3.63, 3.8) is 0 Å². The number of nitrogens with zero attached hydrogens (tertiary/aromatic N) is 2. The molecule has 1 saturated carbocycles. The molecule has 152 valence electrons. The summed E-state index contributed by atoms with van der Waals surface area (Å²) in [5, 5.41) is 5.99. The van der Waals surface area contributed by atoms with Crippen LogP contribution in [0.1, 0.15) is 12.8 Å². The molecule has 1 amide bonds. The lowest BCUT2D eigenvalue weighted by Gasteiger charge is -2.10. The highest BCUT2D eigenvalue weighted by Crippen LogP contribution is 2.31. The zero-order chi connectivity index (χ0) is 20.9. The molecule has 1 aliphatic carbocycles. The largest absolute Gasteiger partial charge is 0.495 e. The number of nitrogens with two attached hydrogens (primary N) is 1. The van der Waals surface area contributed by atoms with Gasteiger partial charge in [-0.3, -0.25) is 4.79 Å². The number of methoxy groups -OCH3 is 1. The van der Waals surface area contributed by atoms with Crippen LogP contribution in [0.15, 0.2) is 71.9 Å². The Morgan fingerprint density at radius 3 is 2.63 bits per heavy atom. The number of carbonyl (C=O) groups is 1. The van der Waals surface area contributed by atoms with Gasteiger partial charge in [-0.2, -0.15) is 4.99 Å². The van der Waals surface area contributed by atoms with E-state index in [0.29, 0.717) is 11.6 Å². The molecule has 30 heavy (non-hydrogen) atoms. The summed E-state index contributed by atoms with van der Waals surface area (Å²) in [5.41, 5.74) is 9.41. The molecule has 7 nitrogen and oxygen atoms in total. The van der Waals surface area contributed by atoms with Gasteiger partial charge in [-0.1, -0.05) is 24.3 Å². The summed E-state index contributed by atoms with van der Waals surface area (Å²) in [6.45, 7) is 0. The number of amides is 1. The lowest BCUT2D eigenvalue weighted by atomic mass is 10.1. The van der Waals surface area contributed by atoms with Crippen LogP contribution in [0.3, 0.4) is 0 Å². The molecule has 0 aliphatic heterocycles. The van der Waals surface area contributed by atoms with Crippen molar-refractivity contribution in [2.45, 2.75) is 12.8 Å². The number of carbonyl (C=O) groups excluding carboxylic acids is 1. The van der Waals surface area contributed by atoms with Crippen LogP contribution in [-0.4, -0.2) is 24.0 Å². The Morgan fingerprint density at radius 2 is 1.90 bits per heavy atom. The average molecular weight is 401 g/mol. The van der Waals surface area contributed by atoms with Crippen molar-refractivity contribution < 1.29 is 9.53 Å². The van der Waals surface area contributed by atoms with Gasteiger partial charge in [0.15, 0.2) is 11.8 Å². The van der Waals surface area contributed by atoms with E-state index in [1.54, 1.807) is 19.4 Å². The molecular formula is C23H23N5O2. The van der Waals surface area contributed by atoms with Crippen molar-refractivity contribution in [1.29, 1.82) is 0 Å². The first kappa shape index (κ1) is 19.4. The highest BCUT2D eigenvalue weighted by Gasteiger charge is 2.29. The fourth-order valence-electron chi connectivity index (χ4n) is 3.03. The lowest BCUT2D eigenvalue weighted by molar-refractivity contribution is -0.117. The van der Waals surface area contributed by atoms with Crippen LogP contribution in [-0.2, 0) is 4.79 Å². The summed E-state index contributed by atoms with van der Waals surface area (Å²) >= 11 is 0. The number of aliphatic imine (C=N–C) groups is 1. The quantitative estimate of drug-likeness (QED) is 0.425. The van der Waals surface area contributed by atoms with Gasteiger partial charge in [-0.25, -0.2) is 4.98 Å². The molecule has 0 unspecified atom stereocenters. The zero-order valence-corrected chi connectivity index (χ0v) is 16.6. The molecule has 1 fully saturated rings. The van der Waals surface area contributed by atoms with Crippen molar-refractivity contribution in [2.24, 2.45) is 16.6 Å². The van der Waals surface area contributed by atoms with Gasteiger partial charge in [-0.05, 0) is 54.8 Å². The molecule has 1 aliphatic rings. The highest BCUT2D eigenvalue weighted by molar-refractivity contribution is 5.95. The number of nitrogens with one attached hydrogen (secondary N) is 2. The minimum absolute atomic E-state index is 0.0907. The van der Waals surface area contributed by atoms with E-state index in [9.17, 15) is 4.79 Å². The van der Waals surface area contributed by atoms with Crippen LogP contribution in [0, 0.1) is 5.92 Å². The van der Waals surface area contributed by atoms with Crippen molar-refractivity contribution in [1.82, 2.24) is 4.98 Å². The first-order valence-electron chi connectivity index (χ1n) is 9.74. The monoisotopic (exact) mass is 401 g/mol. The van der Waals surface area contributed by atoms with Crippen LogP contribution in [0.5, 0.6) is 5.75 Å². The molecule has 1 aromatic heterocycles. The number of benzene rings is 2. The first-order valence-corrected chi connectivity index (χ1v) is 9.74. The average Bonchev–Trinajstić information content (AvgIpc) is 3.60. The van der Waals surface area contributed by atoms with Gasteiger partial charge in [0.2, 0.25) is 5.91 Å². The SMILES string of the molecule is COc1ccccc1NC(N)=Nc1ccc(-c2cccc(NC(=O)C3CC3)c2)cn1. The second-order valence-corrected chi connectivity index (χ2v) is 7.07.